The third-order valence-corrected chi connectivity index (χ3v) is 4.24. The van der Waals surface area contributed by atoms with Crippen LogP contribution in [0.25, 0.3) is 0 Å². The second-order valence-electron chi connectivity index (χ2n) is 4.77. The molecule has 1 heterocycles. The van der Waals surface area contributed by atoms with Crippen LogP contribution in [0.15, 0.2) is 22.7 Å². The Morgan fingerprint density at radius 3 is 2.94 bits per heavy atom. The van der Waals surface area contributed by atoms with Crippen LogP contribution >= 0.6 is 27.5 Å². The molecule has 2 rings (SSSR count). The van der Waals surface area contributed by atoms with Gasteiger partial charge >= 0.3 is 0 Å². The van der Waals surface area contributed by atoms with Gasteiger partial charge < -0.3 is 10.6 Å². The Hall–Kier alpha value is -0.580. The summed E-state index contributed by atoms with van der Waals surface area (Å²) in [6, 6.07) is 5.56. The Bertz CT molecular complexity index is 466. The fraction of sp³-hybridized carbons (Fsp3) is 0.462. The van der Waals surface area contributed by atoms with Gasteiger partial charge in [0.25, 0.3) is 5.91 Å². The van der Waals surface area contributed by atoms with E-state index in [1.807, 2.05) is 11.0 Å². The van der Waals surface area contributed by atoms with Gasteiger partial charge in [-0.25, -0.2) is 0 Å². The molecule has 2 unspecified atom stereocenters. The summed E-state index contributed by atoms with van der Waals surface area (Å²) in [4.78, 5) is 14.3. The number of carbonyl (C=O) groups is 1. The maximum absolute atomic E-state index is 12.5. The van der Waals surface area contributed by atoms with Gasteiger partial charge in [0, 0.05) is 17.1 Å². The number of halogens is 2. The number of carbonyl (C=O) groups excluding carboxylic acids is 1. The van der Waals surface area contributed by atoms with Crippen molar-refractivity contribution in [2.45, 2.75) is 19.4 Å². The van der Waals surface area contributed by atoms with Gasteiger partial charge in [-0.15, -0.1) is 0 Å². The molecule has 1 fully saturated rings. The molecule has 1 aliphatic heterocycles. The summed E-state index contributed by atoms with van der Waals surface area (Å²) in [5, 5.41) is 0.492. The predicted molar refractivity (Wildman–Crippen MR) is 76.8 cm³/mol. The van der Waals surface area contributed by atoms with E-state index in [0.717, 1.165) is 17.4 Å². The van der Waals surface area contributed by atoms with Crippen LogP contribution < -0.4 is 5.73 Å². The molecule has 0 aromatic heterocycles. The molecule has 2 N–H and O–H groups in total. The lowest BCUT2D eigenvalue weighted by atomic mass is 10.1. The molecule has 2 atom stereocenters. The van der Waals surface area contributed by atoms with Gasteiger partial charge in [-0.2, -0.15) is 0 Å². The van der Waals surface area contributed by atoms with E-state index in [9.17, 15) is 4.79 Å². The Kier molecular flexibility index (Phi) is 4.30. The van der Waals surface area contributed by atoms with Gasteiger partial charge in [0.05, 0.1) is 10.6 Å². The van der Waals surface area contributed by atoms with Crippen molar-refractivity contribution in [3.63, 3.8) is 0 Å². The molecule has 3 nitrogen and oxygen atoms in total. The topological polar surface area (TPSA) is 46.3 Å². The molecule has 18 heavy (non-hydrogen) atoms. The van der Waals surface area contributed by atoms with Crippen LogP contribution in [0.5, 0.6) is 0 Å². The quantitative estimate of drug-likeness (QED) is 0.905. The largest absolute Gasteiger partial charge is 0.336 e. The van der Waals surface area contributed by atoms with Crippen molar-refractivity contribution < 1.29 is 4.79 Å². The highest BCUT2D eigenvalue weighted by Gasteiger charge is 2.32. The first-order chi connectivity index (χ1) is 8.52. The van der Waals surface area contributed by atoms with E-state index < -0.39 is 0 Å². The number of benzene rings is 1. The summed E-state index contributed by atoms with van der Waals surface area (Å²) >= 11 is 9.46. The van der Waals surface area contributed by atoms with Crippen molar-refractivity contribution in [2.24, 2.45) is 11.7 Å². The van der Waals surface area contributed by atoms with Crippen LogP contribution in [-0.2, 0) is 0 Å². The molecule has 1 aliphatic rings. The van der Waals surface area contributed by atoms with E-state index in [-0.39, 0.29) is 11.9 Å². The predicted octanol–water partition coefficient (Wildman–Crippen LogP) is 2.91. The minimum Gasteiger partial charge on any atom is -0.336 e. The van der Waals surface area contributed by atoms with Crippen LogP contribution in [0, 0.1) is 5.92 Å². The number of nitrogens with two attached hydrogens (primary N) is 1. The van der Waals surface area contributed by atoms with Crippen molar-refractivity contribution in [1.82, 2.24) is 4.90 Å². The lowest BCUT2D eigenvalue weighted by Gasteiger charge is -2.22. The van der Waals surface area contributed by atoms with Crippen LogP contribution in [0.2, 0.25) is 5.02 Å². The first-order valence-corrected chi connectivity index (χ1v) is 7.16. The molecule has 0 bridgehead atoms. The number of nitrogens with zero attached hydrogens (tertiary/aromatic N) is 1. The molecular weight excluding hydrogens is 316 g/mol. The number of hydrogen-bond acceptors (Lipinski definition) is 2. The van der Waals surface area contributed by atoms with E-state index in [2.05, 4.69) is 22.9 Å². The third kappa shape index (κ3) is 2.71. The Morgan fingerprint density at radius 2 is 2.33 bits per heavy atom. The monoisotopic (exact) mass is 330 g/mol. The number of likely N-dealkylation sites (tertiary alicyclic amines) is 1. The van der Waals surface area contributed by atoms with Crippen LogP contribution in [0.3, 0.4) is 0 Å². The van der Waals surface area contributed by atoms with Gasteiger partial charge in [-0.3, -0.25) is 4.79 Å². The molecule has 1 aromatic rings. The SMILES string of the molecule is CC1CC(CN)CN1C(=O)c1cc(Br)ccc1Cl. The lowest BCUT2D eigenvalue weighted by molar-refractivity contribution is 0.0743. The van der Waals surface area contributed by atoms with Crippen molar-refractivity contribution >= 4 is 33.4 Å². The van der Waals surface area contributed by atoms with E-state index in [4.69, 9.17) is 17.3 Å². The minimum absolute atomic E-state index is 0.00949. The minimum atomic E-state index is -0.00949. The van der Waals surface area contributed by atoms with E-state index in [1.165, 1.54) is 0 Å². The highest BCUT2D eigenvalue weighted by Crippen LogP contribution is 2.28. The highest BCUT2D eigenvalue weighted by atomic mass is 79.9. The molecule has 5 heteroatoms. The van der Waals surface area contributed by atoms with Crippen LogP contribution in [0.4, 0.5) is 0 Å². The standard InChI is InChI=1S/C13H16BrClN2O/c1-8-4-9(6-16)7-17(8)13(18)11-5-10(14)2-3-12(11)15/h2-3,5,8-9H,4,6-7,16H2,1H3. The smallest absolute Gasteiger partial charge is 0.255 e. The number of amides is 1. The summed E-state index contributed by atoms with van der Waals surface area (Å²) in [6.45, 7) is 3.40. The van der Waals surface area contributed by atoms with Crippen molar-refractivity contribution in [3.05, 3.63) is 33.3 Å². The molecule has 0 spiro atoms. The van der Waals surface area contributed by atoms with E-state index >= 15 is 0 Å². The number of hydrogen-bond donors (Lipinski definition) is 1. The molecule has 0 aliphatic carbocycles. The summed E-state index contributed by atoms with van der Waals surface area (Å²) in [7, 11) is 0. The second kappa shape index (κ2) is 5.59. The molecule has 0 saturated carbocycles. The molecule has 1 saturated heterocycles. The Morgan fingerprint density at radius 1 is 1.61 bits per heavy atom. The zero-order valence-corrected chi connectivity index (χ0v) is 12.5. The van der Waals surface area contributed by atoms with Gasteiger partial charge in [-0.05, 0) is 44.0 Å². The zero-order valence-electron chi connectivity index (χ0n) is 10.2. The molecular formula is C13H16BrClN2O. The number of rotatable bonds is 2. The second-order valence-corrected chi connectivity index (χ2v) is 6.09. The first kappa shape index (κ1) is 13.8. The maximum Gasteiger partial charge on any atom is 0.255 e. The van der Waals surface area contributed by atoms with Gasteiger partial charge in [0.2, 0.25) is 0 Å². The van der Waals surface area contributed by atoms with Gasteiger partial charge in [0.15, 0.2) is 0 Å². The summed E-state index contributed by atoms with van der Waals surface area (Å²) < 4.78 is 0.859. The van der Waals surface area contributed by atoms with Gasteiger partial charge in [-0.1, -0.05) is 27.5 Å². The molecule has 1 amide bonds. The summed E-state index contributed by atoms with van der Waals surface area (Å²) in [5.41, 5.74) is 6.23. The van der Waals surface area contributed by atoms with Crippen molar-refractivity contribution in [2.75, 3.05) is 13.1 Å². The third-order valence-electron chi connectivity index (χ3n) is 3.41. The van der Waals surface area contributed by atoms with Crippen LogP contribution in [-0.4, -0.2) is 29.9 Å². The summed E-state index contributed by atoms with van der Waals surface area (Å²) in [6.07, 6.45) is 0.966. The van der Waals surface area contributed by atoms with Crippen LogP contribution in [0.1, 0.15) is 23.7 Å². The van der Waals surface area contributed by atoms with Crippen molar-refractivity contribution in [3.8, 4) is 0 Å². The highest BCUT2D eigenvalue weighted by molar-refractivity contribution is 9.10. The Balaban J connectivity index is 2.24. The molecule has 98 valence electrons. The molecule has 1 aromatic carbocycles. The van der Waals surface area contributed by atoms with Crippen molar-refractivity contribution in [1.29, 1.82) is 0 Å². The van der Waals surface area contributed by atoms with E-state index in [0.29, 0.717) is 23.0 Å². The zero-order chi connectivity index (χ0) is 13.3. The fourth-order valence-electron chi connectivity index (χ4n) is 2.41. The van der Waals surface area contributed by atoms with E-state index in [1.54, 1.807) is 12.1 Å². The molecule has 0 radical (unpaired) electrons. The normalized spacial score (nSPS) is 23.4. The maximum atomic E-state index is 12.5. The Labute approximate surface area is 120 Å². The average molecular weight is 332 g/mol. The lowest BCUT2D eigenvalue weighted by Crippen LogP contribution is -2.34. The first-order valence-electron chi connectivity index (χ1n) is 5.99. The average Bonchev–Trinajstić information content (AvgIpc) is 2.73. The summed E-state index contributed by atoms with van der Waals surface area (Å²) in [5.74, 6) is 0.389. The van der Waals surface area contributed by atoms with Gasteiger partial charge in [0.1, 0.15) is 0 Å². The fourth-order valence-corrected chi connectivity index (χ4v) is 2.97.